The highest BCUT2D eigenvalue weighted by Gasteiger charge is 2.10. The molecule has 5 heteroatoms. The second-order valence-electron chi connectivity index (χ2n) is 3.43. The van der Waals surface area contributed by atoms with E-state index in [9.17, 15) is 4.79 Å². The van der Waals surface area contributed by atoms with Crippen LogP contribution in [0.3, 0.4) is 0 Å². The number of nitrogens with one attached hydrogen (secondary N) is 1. The molecular weight excluding hydrogens is 206 g/mol. The number of carbonyl (C=O) groups is 1. The van der Waals surface area contributed by atoms with Crippen molar-refractivity contribution in [2.45, 2.75) is 6.92 Å². The Balaban J connectivity index is 2.18. The van der Waals surface area contributed by atoms with Gasteiger partial charge in [-0.25, -0.2) is 0 Å². The molecule has 0 aliphatic carbocycles. The van der Waals surface area contributed by atoms with Crippen molar-refractivity contribution in [3.8, 4) is 0 Å². The minimum Gasteiger partial charge on any atom is -0.397 e. The van der Waals surface area contributed by atoms with E-state index in [2.05, 4.69) is 15.0 Å². The van der Waals surface area contributed by atoms with E-state index in [1.165, 1.54) is 12.3 Å². The Morgan fingerprint density at radius 2 is 2.25 bits per heavy atom. The predicted octanol–water partition coefficient (Wildman–Crippen LogP) is 1.82. The summed E-state index contributed by atoms with van der Waals surface area (Å²) in [7, 11) is 0. The molecule has 0 aliphatic rings. The van der Waals surface area contributed by atoms with Crippen LogP contribution in [0, 0.1) is 6.92 Å². The molecule has 2 aromatic rings. The van der Waals surface area contributed by atoms with Gasteiger partial charge in [0.15, 0.2) is 5.69 Å². The van der Waals surface area contributed by atoms with Gasteiger partial charge in [0.2, 0.25) is 0 Å². The lowest BCUT2D eigenvalue weighted by atomic mass is 10.2. The normalized spacial score (nSPS) is 10.1. The Morgan fingerprint density at radius 1 is 1.44 bits per heavy atom. The highest BCUT2D eigenvalue weighted by molar-refractivity contribution is 6.04. The molecule has 0 spiro atoms. The van der Waals surface area contributed by atoms with Crippen LogP contribution >= 0.6 is 0 Å². The van der Waals surface area contributed by atoms with E-state index in [1.54, 1.807) is 12.1 Å². The number of rotatable bonds is 2. The van der Waals surface area contributed by atoms with Gasteiger partial charge in [0.25, 0.3) is 5.91 Å². The number of hydrogen-bond acceptors (Lipinski definition) is 4. The lowest BCUT2D eigenvalue weighted by Crippen LogP contribution is -2.13. The van der Waals surface area contributed by atoms with Gasteiger partial charge in [-0.05, 0) is 24.6 Å². The molecule has 5 nitrogen and oxygen atoms in total. The summed E-state index contributed by atoms with van der Waals surface area (Å²) in [5, 5.41) is 6.19. The second-order valence-corrected chi connectivity index (χ2v) is 3.43. The monoisotopic (exact) mass is 217 g/mol. The Kier molecular flexibility index (Phi) is 2.59. The minimum absolute atomic E-state index is 0.222. The zero-order valence-electron chi connectivity index (χ0n) is 8.73. The third kappa shape index (κ3) is 2.03. The van der Waals surface area contributed by atoms with Gasteiger partial charge in [-0.1, -0.05) is 11.2 Å². The first-order valence-corrected chi connectivity index (χ1v) is 4.74. The summed E-state index contributed by atoms with van der Waals surface area (Å²) in [6.45, 7) is 1.93. The van der Waals surface area contributed by atoms with E-state index < -0.39 is 0 Å². The maximum Gasteiger partial charge on any atom is 0.277 e. The Morgan fingerprint density at radius 3 is 2.88 bits per heavy atom. The smallest absolute Gasteiger partial charge is 0.277 e. The summed E-state index contributed by atoms with van der Waals surface area (Å²) in [6.07, 6.45) is 1.34. The molecule has 0 saturated carbocycles. The molecule has 1 aromatic carbocycles. The standard InChI is InChI=1S/C11H11N3O2/c1-7-2-3-9(8(12)6-7)13-11(15)10-4-5-16-14-10/h2-6H,12H2,1H3,(H,13,15). The third-order valence-electron chi connectivity index (χ3n) is 2.13. The fraction of sp³-hybridized carbons (Fsp3) is 0.0909. The molecule has 0 saturated heterocycles. The van der Waals surface area contributed by atoms with Gasteiger partial charge in [0.1, 0.15) is 6.26 Å². The molecule has 2 rings (SSSR count). The van der Waals surface area contributed by atoms with E-state index in [0.29, 0.717) is 11.4 Å². The molecule has 1 heterocycles. The van der Waals surface area contributed by atoms with Crippen LogP contribution in [0.2, 0.25) is 0 Å². The first-order chi connectivity index (χ1) is 7.66. The highest BCUT2D eigenvalue weighted by Crippen LogP contribution is 2.19. The average molecular weight is 217 g/mol. The van der Waals surface area contributed by atoms with Gasteiger partial charge >= 0.3 is 0 Å². The number of amides is 1. The lowest BCUT2D eigenvalue weighted by Gasteiger charge is -2.06. The Bertz CT molecular complexity index is 506. The molecule has 82 valence electrons. The molecular formula is C11H11N3O2. The first-order valence-electron chi connectivity index (χ1n) is 4.74. The molecule has 3 N–H and O–H groups in total. The molecule has 0 radical (unpaired) electrons. The molecule has 0 aliphatic heterocycles. The van der Waals surface area contributed by atoms with Crippen molar-refractivity contribution in [1.29, 1.82) is 0 Å². The molecule has 0 atom stereocenters. The summed E-state index contributed by atoms with van der Waals surface area (Å²) in [5.41, 5.74) is 8.12. The zero-order chi connectivity index (χ0) is 11.5. The number of nitrogen functional groups attached to an aromatic ring is 1. The maximum atomic E-state index is 11.6. The van der Waals surface area contributed by atoms with Crippen LogP contribution in [-0.2, 0) is 0 Å². The number of carbonyl (C=O) groups excluding carboxylic acids is 1. The molecule has 0 fully saturated rings. The van der Waals surface area contributed by atoms with Crippen LogP contribution < -0.4 is 11.1 Å². The van der Waals surface area contributed by atoms with Gasteiger partial charge in [0.05, 0.1) is 11.4 Å². The van der Waals surface area contributed by atoms with Crippen LogP contribution in [0.5, 0.6) is 0 Å². The van der Waals surface area contributed by atoms with E-state index in [1.807, 2.05) is 13.0 Å². The van der Waals surface area contributed by atoms with Crippen molar-refractivity contribution < 1.29 is 9.32 Å². The zero-order valence-corrected chi connectivity index (χ0v) is 8.73. The minimum atomic E-state index is -0.343. The highest BCUT2D eigenvalue weighted by atomic mass is 16.5. The van der Waals surface area contributed by atoms with Crippen LogP contribution in [0.4, 0.5) is 11.4 Å². The van der Waals surface area contributed by atoms with Crippen LogP contribution in [0.25, 0.3) is 0 Å². The topological polar surface area (TPSA) is 81.2 Å². The second kappa shape index (κ2) is 4.06. The summed E-state index contributed by atoms with van der Waals surface area (Å²) in [4.78, 5) is 11.6. The van der Waals surface area contributed by atoms with Crippen molar-refractivity contribution in [2.75, 3.05) is 11.1 Å². The van der Waals surface area contributed by atoms with Crippen LogP contribution in [-0.4, -0.2) is 11.1 Å². The summed E-state index contributed by atoms with van der Waals surface area (Å²) in [5.74, 6) is -0.343. The van der Waals surface area contributed by atoms with Gasteiger partial charge < -0.3 is 15.6 Å². The van der Waals surface area contributed by atoms with Crippen LogP contribution in [0.1, 0.15) is 16.1 Å². The first kappa shape index (κ1) is 10.2. The van der Waals surface area contributed by atoms with Gasteiger partial charge in [0, 0.05) is 6.07 Å². The van der Waals surface area contributed by atoms with Crippen molar-refractivity contribution in [3.63, 3.8) is 0 Å². The number of benzene rings is 1. The van der Waals surface area contributed by atoms with Crippen molar-refractivity contribution in [1.82, 2.24) is 5.16 Å². The lowest BCUT2D eigenvalue weighted by molar-refractivity contribution is 0.101. The molecule has 1 amide bonds. The van der Waals surface area contributed by atoms with E-state index in [0.717, 1.165) is 5.56 Å². The van der Waals surface area contributed by atoms with E-state index in [-0.39, 0.29) is 11.6 Å². The number of nitrogens with zero attached hydrogens (tertiary/aromatic N) is 1. The number of anilines is 2. The van der Waals surface area contributed by atoms with Crippen LogP contribution in [0.15, 0.2) is 35.1 Å². The predicted molar refractivity (Wildman–Crippen MR) is 60.0 cm³/mol. The van der Waals surface area contributed by atoms with Crippen molar-refractivity contribution in [2.24, 2.45) is 0 Å². The number of aryl methyl sites for hydroxylation is 1. The van der Waals surface area contributed by atoms with E-state index >= 15 is 0 Å². The average Bonchev–Trinajstić information content (AvgIpc) is 2.75. The summed E-state index contributed by atoms with van der Waals surface area (Å²) in [6, 6.07) is 6.90. The summed E-state index contributed by atoms with van der Waals surface area (Å²) < 4.78 is 4.58. The SMILES string of the molecule is Cc1ccc(NC(=O)c2ccon2)c(N)c1. The molecule has 0 unspecified atom stereocenters. The number of aromatic nitrogens is 1. The van der Waals surface area contributed by atoms with Gasteiger partial charge in [-0.3, -0.25) is 4.79 Å². The fourth-order valence-electron chi connectivity index (χ4n) is 1.31. The maximum absolute atomic E-state index is 11.6. The Hall–Kier alpha value is -2.30. The Labute approximate surface area is 92.2 Å². The summed E-state index contributed by atoms with van der Waals surface area (Å²) >= 11 is 0. The largest absolute Gasteiger partial charge is 0.397 e. The third-order valence-corrected chi connectivity index (χ3v) is 2.13. The van der Waals surface area contributed by atoms with Crippen molar-refractivity contribution in [3.05, 3.63) is 41.8 Å². The molecule has 16 heavy (non-hydrogen) atoms. The van der Waals surface area contributed by atoms with E-state index in [4.69, 9.17) is 5.73 Å². The molecule has 0 bridgehead atoms. The quantitative estimate of drug-likeness (QED) is 0.752. The van der Waals surface area contributed by atoms with Gasteiger partial charge in [-0.15, -0.1) is 0 Å². The molecule has 1 aromatic heterocycles. The number of hydrogen-bond donors (Lipinski definition) is 2. The van der Waals surface area contributed by atoms with Crippen molar-refractivity contribution >= 4 is 17.3 Å². The van der Waals surface area contributed by atoms with Gasteiger partial charge in [-0.2, -0.15) is 0 Å². The number of nitrogens with two attached hydrogens (primary N) is 1. The fourth-order valence-corrected chi connectivity index (χ4v) is 1.31.